The van der Waals surface area contributed by atoms with Crippen LogP contribution in [0.3, 0.4) is 0 Å². The van der Waals surface area contributed by atoms with Gasteiger partial charge in [0.15, 0.2) is 10.3 Å². The zero-order chi connectivity index (χ0) is 13.4. The average Bonchev–Trinajstić information content (AvgIpc) is 2.77. The molecule has 0 bridgehead atoms. The maximum absolute atomic E-state index is 6.24. The lowest BCUT2D eigenvalue weighted by molar-refractivity contribution is 1.02. The maximum atomic E-state index is 6.24. The first-order chi connectivity index (χ1) is 9.22. The summed E-state index contributed by atoms with van der Waals surface area (Å²) < 4.78 is 1.85. The second-order valence-corrected chi connectivity index (χ2v) is 5.06. The molecule has 2 aromatic carbocycles. The van der Waals surface area contributed by atoms with Crippen LogP contribution >= 0.6 is 23.2 Å². The minimum Gasteiger partial charge on any atom is -0.288 e. The SMILES string of the molecule is CCc1ccc2ccccc2c1-n1cnc(Cl)c1Cl. The van der Waals surface area contributed by atoms with Gasteiger partial charge in [0.1, 0.15) is 6.33 Å². The Morgan fingerprint density at radius 1 is 1.11 bits per heavy atom. The van der Waals surface area contributed by atoms with E-state index in [0.717, 1.165) is 17.5 Å². The third-order valence-corrected chi connectivity index (χ3v) is 4.01. The first-order valence-electron chi connectivity index (χ1n) is 6.11. The summed E-state index contributed by atoms with van der Waals surface area (Å²) in [7, 11) is 0. The number of aryl methyl sites for hydroxylation is 1. The van der Waals surface area contributed by atoms with Crippen LogP contribution in [0, 0.1) is 0 Å². The average molecular weight is 291 g/mol. The molecule has 0 aliphatic heterocycles. The molecule has 3 aromatic rings. The van der Waals surface area contributed by atoms with Gasteiger partial charge >= 0.3 is 0 Å². The summed E-state index contributed by atoms with van der Waals surface area (Å²) in [6.45, 7) is 2.13. The van der Waals surface area contributed by atoms with Crippen molar-refractivity contribution in [1.29, 1.82) is 0 Å². The van der Waals surface area contributed by atoms with E-state index >= 15 is 0 Å². The minimum atomic E-state index is 0.330. The largest absolute Gasteiger partial charge is 0.288 e. The van der Waals surface area contributed by atoms with Crippen LogP contribution in [-0.2, 0) is 6.42 Å². The quantitative estimate of drug-likeness (QED) is 0.657. The summed E-state index contributed by atoms with van der Waals surface area (Å²) in [5, 5.41) is 3.11. The Morgan fingerprint density at radius 3 is 2.58 bits per heavy atom. The van der Waals surface area contributed by atoms with Gasteiger partial charge in [0.25, 0.3) is 0 Å². The number of nitrogens with zero attached hydrogens (tertiary/aromatic N) is 2. The number of halogens is 2. The zero-order valence-electron chi connectivity index (χ0n) is 10.4. The predicted molar refractivity (Wildman–Crippen MR) is 80.5 cm³/mol. The van der Waals surface area contributed by atoms with Crippen molar-refractivity contribution in [2.24, 2.45) is 0 Å². The third-order valence-electron chi connectivity index (χ3n) is 3.27. The Hall–Kier alpha value is -1.51. The highest BCUT2D eigenvalue weighted by Crippen LogP contribution is 2.31. The Labute approximate surface area is 121 Å². The first-order valence-corrected chi connectivity index (χ1v) is 6.87. The molecule has 0 radical (unpaired) electrons. The van der Waals surface area contributed by atoms with Crippen molar-refractivity contribution in [3.8, 4) is 5.69 Å². The van der Waals surface area contributed by atoms with E-state index < -0.39 is 0 Å². The number of benzene rings is 2. The van der Waals surface area contributed by atoms with Crippen LogP contribution in [0.5, 0.6) is 0 Å². The molecular formula is C15H12Cl2N2. The van der Waals surface area contributed by atoms with Crippen LogP contribution < -0.4 is 0 Å². The van der Waals surface area contributed by atoms with Crippen molar-refractivity contribution in [3.05, 3.63) is 58.6 Å². The summed E-state index contributed by atoms with van der Waals surface area (Å²) in [5.74, 6) is 0. The highest BCUT2D eigenvalue weighted by Gasteiger charge is 2.13. The molecule has 0 amide bonds. The van der Waals surface area contributed by atoms with Crippen molar-refractivity contribution >= 4 is 34.0 Å². The highest BCUT2D eigenvalue weighted by molar-refractivity contribution is 6.40. The van der Waals surface area contributed by atoms with E-state index in [1.54, 1.807) is 6.33 Å². The van der Waals surface area contributed by atoms with Gasteiger partial charge in [0.2, 0.25) is 0 Å². The normalized spacial score (nSPS) is 11.1. The van der Waals surface area contributed by atoms with Crippen LogP contribution in [0.25, 0.3) is 16.5 Å². The van der Waals surface area contributed by atoms with E-state index in [1.807, 2.05) is 16.7 Å². The standard InChI is InChI=1S/C15H12Cl2N2/c1-2-10-7-8-11-5-3-4-6-12(11)13(10)19-9-18-14(16)15(19)17/h3-9H,2H2,1H3. The van der Waals surface area contributed by atoms with Gasteiger partial charge in [-0.25, -0.2) is 4.98 Å². The number of aromatic nitrogens is 2. The Kier molecular flexibility index (Phi) is 3.21. The van der Waals surface area contributed by atoms with E-state index in [9.17, 15) is 0 Å². The molecule has 0 aliphatic rings. The molecule has 96 valence electrons. The smallest absolute Gasteiger partial charge is 0.166 e. The second-order valence-electron chi connectivity index (χ2n) is 4.34. The van der Waals surface area contributed by atoms with Crippen LogP contribution in [0.15, 0.2) is 42.7 Å². The van der Waals surface area contributed by atoms with Crippen molar-refractivity contribution in [1.82, 2.24) is 9.55 Å². The molecule has 3 rings (SSSR count). The van der Waals surface area contributed by atoms with Crippen LogP contribution in [-0.4, -0.2) is 9.55 Å². The highest BCUT2D eigenvalue weighted by atomic mass is 35.5. The van der Waals surface area contributed by atoms with E-state index in [4.69, 9.17) is 23.2 Å². The van der Waals surface area contributed by atoms with Gasteiger partial charge in [-0.2, -0.15) is 0 Å². The molecule has 0 saturated heterocycles. The minimum absolute atomic E-state index is 0.330. The fourth-order valence-corrected chi connectivity index (χ4v) is 2.65. The molecule has 0 N–H and O–H groups in total. The topological polar surface area (TPSA) is 17.8 Å². The Balaban J connectivity index is 2.40. The predicted octanol–water partition coefficient (Wildman–Crippen LogP) is 4.89. The number of rotatable bonds is 2. The molecule has 0 saturated carbocycles. The lowest BCUT2D eigenvalue weighted by atomic mass is 10.0. The van der Waals surface area contributed by atoms with Gasteiger partial charge < -0.3 is 0 Å². The molecule has 0 atom stereocenters. The molecule has 19 heavy (non-hydrogen) atoms. The van der Waals surface area contributed by atoms with E-state index in [1.165, 1.54) is 10.9 Å². The van der Waals surface area contributed by atoms with Crippen LogP contribution in [0.1, 0.15) is 12.5 Å². The van der Waals surface area contributed by atoms with Crippen molar-refractivity contribution < 1.29 is 0 Å². The van der Waals surface area contributed by atoms with Gasteiger partial charge in [-0.3, -0.25) is 4.57 Å². The molecular weight excluding hydrogens is 279 g/mol. The van der Waals surface area contributed by atoms with Gasteiger partial charge in [-0.05, 0) is 17.4 Å². The number of hydrogen-bond acceptors (Lipinski definition) is 1. The van der Waals surface area contributed by atoms with Crippen molar-refractivity contribution in [2.45, 2.75) is 13.3 Å². The summed E-state index contributed by atoms with van der Waals surface area (Å²) in [4.78, 5) is 4.07. The monoisotopic (exact) mass is 290 g/mol. The van der Waals surface area contributed by atoms with Crippen molar-refractivity contribution in [2.75, 3.05) is 0 Å². The Morgan fingerprint density at radius 2 is 1.89 bits per heavy atom. The molecule has 1 heterocycles. The zero-order valence-corrected chi connectivity index (χ0v) is 11.9. The number of imidazole rings is 1. The summed E-state index contributed by atoms with van der Waals surface area (Å²) in [6, 6.07) is 12.5. The van der Waals surface area contributed by atoms with Crippen molar-refractivity contribution in [3.63, 3.8) is 0 Å². The number of hydrogen-bond donors (Lipinski definition) is 0. The molecule has 2 nitrogen and oxygen atoms in total. The molecule has 0 fully saturated rings. The van der Waals surface area contributed by atoms with Gasteiger partial charge in [-0.15, -0.1) is 0 Å². The van der Waals surface area contributed by atoms with E-state index in [2.05, 4.69) is 36.2 Å². The molecule has 0 unspecified atom stereocenters. The fraction of sp³-hybridized carbons (Fsp3) is 0.133. The summed E-state index contributed by atoms with van der Waals surface area (Å²) in [6.07, 6.45) is 2.60. The van der Waals surface area contributed by atoms with Gasteiger partial charge in [0, 0.05) is 5.39 Å². The molecule has 0 spiro atoms. The number of fused-ring (bicyclic) bond motifs is 1. The van der Waals surface area contributed by atoms with Gasteiger partial charge in [0.05, 0.1) is 5.69 Å². The fourth-order valence-electron chi connectivity index (χ4n) is 2.34. The van der Waals surface area contributed by atoms with E-state index in [-0.39, 0.29) is 0 Å². The third kappa shape index (κ3) is 2.01. The lowest BCUT2D eigenvalue weighted by Crippen LogP contribution is -1.99. The first kappa shape index (κ1) is 12.5. The lowest BCUT2D eigenvalue weighted by Gasteiger charge is -2.13. The summed E-state index contributed by atoms with van der Waals surface area (Å²) in [5.41, 5.74) is 2.28. The molecule has 4 heteroatoms. The molecule has 1 aromatic heterocycles. The summed E-state index contributed by atoms with van der Waals surface area (Å²) >= 11 is 12.2. The Bertz CT molecular complexity index is 747. The van der Waals surface area contributed by atoms with Gasteiger partial charge in [-0.1, -0.05) is 66.5 Å². The maximum Gasteiger partial charge on any atom is 0.166 e. The van der Waals surface area contributed by atoms with Crippen LogP contribution in [0.4, 0.5) is 0 Å². The second kappa shape index (κ2) is 4.87. The van der Waals surface area contributed by atoms with Crippen LogP contribution in [0.2, 0.25) is 10.3 Å². The molecule has 0 aliphatic carbocycles. The van der Waals surface area contributed by atoms with E-state index in [0.29, 0.717) is 10.3 Å².